The number of nitrogens with zero attached hydrogens (tertiary/aromatic N) is 2. The summed E-state index contributed by atoms with van der Waals surface area (Å²) in [4.78, 5) is 16.1. The molecular formula is C15H18N2O6. The number of fused-ring (bicyclic) bond motifs is 1. The molecule has 3 heterocycles. The molecule has 4 atom stereocenters. The monoisotopic (exact) mass is 322 g/mol. The predicted octanol–water partition coefficient (Wildman–Crippen LogP) is 0.120. The Morgan fingerprint density at radius 3 is 3.04 bits per heavy atom. The van der Waals surface area contributed by atoms with Crippen LogP contribution >= 0.6 is 0 Å². The van der Waals surface area contributed by atoms with Crippen LogP contribution in [0.3, 0.4) is 0 Å². The van der Waals surface area contributed by atoms with Gasteiger partial charge in [0, 0.05) is 6.20 Å². The predicted molar refractivity (Wildman–Crippen MR) is 79.9 cm³/mol. The second-order valence-corrected chi connectivity index (χ2v) is 5.37. The minimum Gasteiger partial charge on any atom is -0.443 e. The van der Waals surface area contributed by atoms with Gasteiger partial charge >= 0.3 is 5.69 Å². The lowest BCUT2D eigenvalue weighted by molar-refractivity contribution is -0.0683. The summed E-state index contributed by atoms with van der Waals surface area (Å²) >= 11 is 0. The number of aliphatic hydroxyl groups excluding tert-OH is 2. The first-order valence-electron chi connectivity index (χ1n) is 7.21. The Bertz CT molecular complexity index is 767. The van der Waals surface area contributed by atoms with Crippen molar-refractivity contribution in [2.24, 2.45) is 0 Å². The normalized spacial score (nSPS) is 27.6. The maximum absolute atomic E-state index is 12.2. The van der Waals surface area contributed by atoms with E-state index in [1.807, 2.05) is 0 Å². The molecule has 8 heteroatoms. The van der Waals surface area contributed by atoms with Gasteiger partial charge in [0.25, 0.3) is 0 Å². The van der Waals surface area contributed by atoms with Crippen molar-refractivity contribution >= 4 is 11.1 Å². The SMILES string of the molecule is C=CCO[C@H]1C(n2cc3cc(C)oc3nc2=O)O[C@H](CO)[C@H]1O. The summed E-state index contributed by atoms with van der Waals surface area (Å²) in [5, 5.41) is 20.2. The molecule has 1 unspecified atom stereocenters. The summed E-state index contributed by atoms with van der Waals surface area (Å²) in [7, 11) is 0. The van der Waals surface area contributed by atoms with Crippen LogP contribution in [-0.2, 0) is 9.47 Å². The number of aryl methyl sites for hydroxylation is 1. The van der Waals surface area contributed by atoms with Crippen LogP contribution in [0.2, 0.25) is 0 Å². The zero-order chi connectivity index (χ0) is 16.6. The summed E-state index contributed by atoms with van der Waals surface area (Å²) in [5.74, 6) is 0.629. The number of aromatic nitrogens is 2. The summed E-state index contributed by atoms with van der Waals surface area (Å²) in [5.41, 5.74) is -0.348. The molecule has 2 aromatic rings. The molecule has 23 heavy (non-hydrogen) atoms. The van der Waals surface area contributed by atoms with Crippen molar-refractivity contribution in [2.75, 3.05) is 13.2 Å². The largest absolute Gasteiger partial charge is 0.443 e. The van der Waals surface area contributed by atoms with E-state index in [1.165, 1.54) is 10.6 Å². The number of furan rings is 1. The summed E-state index contributed by atoms with van der Waals surface area (Å²) in [6.45, 7) is 5.10. The fourth-order valence-corrected chi connectivity index (χ4v) is 2.69. The number of rotatable bonds is 5. The molecule has 0 aliphatic carbocycles. The van der Waals surface area contributed by atoms with Crippen LogP contribution in [0, 0.1) is 6.92 Å². The third kappa shape index (κ3) is 2.81. The molecule has 0 amide bonds. The Morgan fingerprint density at radius 2 is 2.35 bits per heavy atom. The van der Waals surface area contributed by atoms with Crippen molar-refractivity contribution in [1.82, 2.24) is 9.55 Å². The van der Waals surface area contributed by atoms with Crippen LogP contribution in [0.25, 0.3) is 11.1 Å². The molecule has 8 nitrogen and oxygen atoms in total. The molecule has 1 aliphatic rings. The zero-order valence-corrected chi connectivity index (χ0v) is 12.6. The van der Waals surface area contributed by atoms with Crippen LogP contribution in [0.1, 0.15) is 12.0 Å². The minimum absolute atomic E-state index is 0.176. The van der Waals surface area contributed by atoms with Crippen molar-refractivity contribution < 1.29 is 24.1 Å². The zero-order valence-electron chi connectivity index (χ0n) is 12.6. The molecule has 0 saturated carbocycles. The lowest BCUT2D eigenvalue weighted by Crippen LogP contribution is -2.38. The topological polar surface area (TPSA) is 107 Å². The van der Waals surface area contributed by atoms with Crippen LogP contribution in [0.15, 0.2) is 34.1 Å². The van der Waals surface area contributed by atoms with Gasteiger partial charge in [-0.25, -0.2) is 4.79 Å². The van der Waals surface area contributed by atoms with E-state index in [0.717, 1.165) is 0 Å². The van der Waals surface area contributed by atoms with Crippen molar-refractivity contribution in [3.8, 4) is 0 Å². The molecule has 3 rings (SSSR count). The number of hydrogen-bond donors (Lipinski definition) is 2. The van der Waals surface area contributed by atoms with Gasteiger partial charge in [-0.05, 0) is 13.0 Å². The van der Waals surface area contributed by atoms with Gasteiger partial charge in [0.05, 0.1) is 18.6 Å². The standard InChI is InChI=1S/C15H18N2O6/c1-3-4-21-12-11(19)10(7-18)23-14(12)17-6-9-5-8(2)22-13(9)16-15(17)20/h3,5-6,10-12,14,18-19H,1,4,7H2,2H3/t10-,11-,12-,14?/m1/s1. The molecule has 0 spiro atoms. The Morgan fingerprint density at radius 1 is 1.57 bits per heavy atom. The van der Waals surface area contributed by atoms with Crippen LogP contribution in [0.4, 0.5) is 0 Å². The quantitative estimate of drug-likeness (QED) is 0.753. The van der Waals surface area contributed by atoms with E-state index in [1.54, 1.807) is 19.2 Å². The van der Waals surface area contributed by atoms with Crippen LogP contribution < -0.4 is 5.69 Å². The van der Waals surface area contributed by atoms with E-state index in [9.17, 15) is 15.0 Å². The highest BCUT2D eigenvalue weighted by Gasteiger charge is 2.45. The number of ether oxygens (including phenoxy) is 2. The Kier molecular flexibility index (Phi) is 4.31. The second-order valence-electron chi connectivity index (χ2n) is 5.37. The Hall–Kier alpha value is -2.00. The van der Waals surface area contributed by atoms with E-state index in [-0.39, 0.29) is 18.9 Å². The Balaban J connectivity index is 2.01. The first-order valence-corrected chi connectivity index (χ1v) is 7.21. The van der Waals surface area contributed by atoms with Gasteiger partial charge in [-0.2, -0.15) is 4.98 Å². The van der Waals surface area contributed by atoms with Crippen molar-refractivity contribution in [1.29, 1.82) is 0 Å². The maximum Gasteiger partial charge on any atom is 0.353 e. The molecule has 0 bridgehead atoms. The third-order valence-electron chi connectivity index (χ3n) is 3.73. The van der Waals surface area contributed by atoms with Crippen molar-refractivity contribution in [3.63, 3.8) is 0 Å². The summed E-state index contributed by atoms with van der Waals surface area (Å²) in [6.07, 6.45) is -0.568. The minimum atomic E-state index is -1.07. The highest BCUT2D eigenvalue weighted by molar-refractivity contribution is 5.72. The van der Waals surface area contributed by atoms with Gasteiger partial charge in [-0.1, -0.05) is 6.08 Å². The molecule has 0 aromatic carbocycles. The molecule has 124 valence electrons. The van der Waals surface area contributed by atoms with E-state index in [4.69, 9.17) is 13.9 Å². The maximum atomic E-state index is 12.2. The molecular weight excluding hydrogens is 304 g/mol. The summed E-state index contributed by atoms with van der Waals surface area (Å²) in [6, 6.07) is 1.74. The van der Waals surface area contributed by atoms with Gasteiger partial charge in [0.15, 0.2) is 6.23 Å². The fraction of sp³-hybridized carbons (Fsp3) is 0.467. The molecule has 1 saturated heterocycles. The highest BCUT2D eigenvalue weighted by Crippen LogP contribution is 2.31. The average molecular weight is 322 g/mol. The number of aliphatic hydroxyl groups is 2. The van der Waals surface area contributed by atoms with E-state index in [2.05, 4.69) is 11.6 Å². The first-order chi connectivity index (χ1) is 11.0. The van der Waals surface area contributed by atoms with Crippen molar-refractivity contribution in [2.45, 2.75) is 31.5 Å². The third-order valence-corrected chi connectivity index (χ3v) is 3.73. The van der Waals surface area contributed by atoms with Gasteiger partial charge in [0.2, 0.25) is 5.71 Å². The lowest BCUT2D eigenvalue weighted by atomic mass is 10.1. The smallest absolute Gasteiger partial charge is 0.353 e. The van der Waals surface area contributed by atoms with Crippen LogP contribution in [-0.4, -0.2) is 51.3 Å². The number of hydrogen-bond acceptors (Lipinski definition) is 7. The van der Waals surface area contributed by atoms with E-state index in [0.29, 0.717) is 11.1 Å². The van der Waals surface area contributed by atoms with Crippen LogP contribution in [0.5, 0.6) is 0 Å². The van der Waals surface area contributed by atoms with Crippen molar-refractivity contribution in [3.05, 3.63) is 41.2 Å². The molecule has 1 fully saturated rings. The molecule has 1 aliphatic heterocycles. The average Bonchev–Trinajstić information content (AvgIpc) is 3.03. The molecule has 0 radical (unpaired) electrons. The van der Waals surface area contributed by atoms with Gasteiger partial charge in [0.1, 0.15) is 24.1 Å². The molecule has 2 N–H and O–H groups in total. The molecule has 2 aromatic heterocycles. The van der Waals surface area contributed by atoms with Gasteiger partial charge in [-0.15, -0.1) is 6.58 Å². The van der Waals surface area contributed by atoms with Gasteiger partial charge < -0.3 is 24.1 Å². The lowest BCUT2D eigenvalue weighted by Gasteiger charge is -2.21. The first kappa shape index (κ1) is 15.9. The Labute approximate surface area is 131 Å². The van der Waals surface area contributed by atoms with E-state index >= 15 is 0 Å². The second kappa shape index (κ2) is 6.25. The summed E-state index contributed by atoms with van der Waals surface area (Å²) < 4.78 is 17.7. The van der Waals surface area contributed by atoms with Gasteiger partial charge in [-0.3, -0.25) is 4.57 Å². The highest BCUT2D eigenvalue weighted by atomic mass is 16.6. The van der Waals surface area contributed by atoms with E-state index < -0.39 is 30.2 Å². The fourth-order valence-electron chi connectivity index (χ4n) is 2.69.